The lowest BCUT2D eigenvalue weighted by Gasteiger charge is -2.15. The van der Waals surface area contributed by atoms with Gasteiger partial charge in [0.05, 0.1) is 18.0 Å². The highest BCUT2D eigenvalue weighted by molar-refractivity contribution is 5.70. The maximum Gasteiger partial charge on any atom is 0.122 e. The summed E-state index contributed by atoms with van der Waals surface area (Å²) in [6.07, 6.45) is 12.3. The molecule has 0 aliphatic carbocycles. The van der Waals surface area contributed by atoms with Crippen LogP contribution in [0.15, 0.2) is 70.9 Å². The lowest BCUT2D eigenvalue weighted by atomic mass is 9.95. The normalized spacial score (nSPS) is 11.5. The molecule has 0 amide bonds. The van der Waals surface area contributed by atoms with Gasteiger partial charge < -0.3 is 4.74 Å². The first-order valence-electron chi connectivity index (χ1n) is 15.0. The van der Waals surface area contributed by atoms with Crippen LogP contribution >= 0.6 is 0 Å². The highest BCUT2D eigenvalue weighted by Gasteiger charge is 2.12. The second-order valence-electron chi connectivity index (χ2n) is 10.6. The molecule has 3 rings (SSSR count). The van der Waals surface area contributed by atoms with Gasteiger partial charge in [-0.25, -0.2) is 0 Å². The Labute approximate surface area is 231 Å². The number of unbranched alkanes of at least 4 members (excludes halogenated alkanes) is 7. The molecule has 0 bridgehead atoms. The largest absolute Gasteiger partial charge is 0.493 e. The summed E-state index contributed by atoms with van der Waals surface area (Å²) in [6.45, 7) is 11.9. The summed E-state index contributed by atoms with van der Waals surface area (Å²) < 4.78 is 6.22. The molecule has 0 atom stereocenters. The first kappa shape index (κ1) is 29.6. The Morgan fingerprint density at radius 3 is 1.89 bits per heavy atom. The fourth-order valence-corrected chi connectivity index (χ4v) is 4.93. The summed E-state index contributed by atoms with van der Waals surface area (Å²) in [5.74, 6) is 1.35. The Morgan fingerprint density at radius 1 is 0.658 bits per heavy atom. The lowest BCUT2D eigenvalue weighted by Crippen LogP contribution is -2.01. The summed E-state index contributed by atoms with van der Waals surface area (Å²) in [4.78, 5) is 0. The zero-order chi connectivity index (χ0) is 27.2. The molecule has 0 unspecified atom stereocenters. The van der Waals surface area contributed by atoms with Crippen LogP contribution in [0.4, 0.5) is 11.4 Å². The van der Waals surface area contributed by atoms with Crippen LogP contribution in [0.5, 0.6) is 5.75 Å². The Balaban J connectivity index is 1.68. The number of nitrogens with zero attached hydrogens (tertiary/aromatic N) is 2. The third kappa shape index (κ3) is 8.82. The molecule has 3 aromatic carbocycles. The van der Waals surface area contributed by atoms with Crippen LogP contribution in [0.3, 0.4) is 0 Å². The maximum atomic E-state index is 6.22. The third-order valence-electron chi connectivity index (χ3n) is 7.27. The SMILES string of the molecule is CCCCCCCCCCOc1ccc(N=Nc2c(CC)cc(-c3ccccc3)cc2CC)cc1C(C)C. The minimum Gasteiger partial charge on any atom is -0.493 e. The molecule has 0 aromatic heterocycles. The molecule has 38 heavy (non-hydrogen) atoms. The first-order chi connectivity index (χ1) is 18.6. The molecule has 3 nitrogen and oxygen atoms in total. The van der Waals surface area contributed by atoms with Gasteiger partial charge in [0.2, 0.25) is 0 Å². The Hall–Kier alpha value is -2.94. The van der Waals surface area contributed by atoms with E-state index in [4.69, 9.17) is 15.0 Å². The maximum absolute atomic E-state index is 6.22. The minimum absolute atomic E-state index is 0.362. The zero-order valence-electron chi connectivity index (χ0n) is 24.4. The predicted molar refractivity (Wildman–Crippen MR) is 163 cm³/mol. The summed E-state index contributed by atoms with van der Waals surface area (Å²) in [5, 5.41) is 9.49. The topological polar surface area (TPSA) is 34.0 Å². The van der Waals surface area contributed by atoms with Gasteiger partial charge in [-0.05, 0) is 83.3 Å². The molecule has 0 N–H and O–H groups in total. The molecular formula is C35H48N2O. The van der Waals surface area contributed by atoms with E-state index in [0.29, 0.717) is 5.92 Å². The molecule has 0 radical (unpaired) electrons. The van der Waals surface area contributed by atoms with Crippen molar-refractivity contribution in [2.45, 2.75) is 105 Å². The van der Waals surface area contributed by atoms with Crippen LogP contribution in [-0.2, 0) is 12.8 Å². The van der Waals surface area contributed by atoms with E-state index in [1.165, 1.54) is 72.8 Å². The van der Waals surface area contributed by atoms with Crippen LogP contribution in [0.1, 0.15) is 109 Å². The lowest BCUT2D eigenvalue weighted by molar-refractivity contribution is 0.300. The second-order valence-corrected chi connectivity index (χ2v) is 10.6. The van der Waals surface area contributed by atoms with Crippen LogP contribution in [-0.4, -0.2) is 6.61 Å². The molecule has 204 valence electrons. The molecule has 3 heteroatoms. The van der Waals surface area contributed by atoms with Crippen molar-refractivity contribution in [1.82, 2.24) is 0 Å². The van der Waals surface area contributed by atoms with Crippen molar-refractivity contribution in [3.05, 3.63) is 77.4 Å². The van der Waals surface area contributed by atoms with Crippen molar-refractivity contribution in [1.29, 1.82) is 0 Å². The first-order valence-corrected chi connectivity index (χ1v) is 15.0. The van der Waals surface area contributed by atoms with Crippen molar-refractivity contribution < 1.29 is 4.74 Å². The van der Waals surface area contributed by atoms with Crippen LogP contribution in [0, 0.1) is 0 Å². The Bertz CT molecular complexity index is 1110. The quantitative estimate of drug-likeness (QED) is 0.139. The van der Waals surface area contributed by atoms with Gasteiger partial charge in [0.25, 0.3) is 0 Å². The fourth-order valence-electron chi connectivity index (χ4n) is 4.93. The Morgan fingerprint density at radius 2 is 1.29 bits per heavy atom. The van der Waals surface area contributed by atoms with Crippen LogP contribution in [0.2, 0.25) is 0 Å². The fraction of sp³-hybridized carbons (Fsp3) is 0.486. The van der Waals surface area contributed by atoms with E-state index in [2.05, 4.69) is 89.2 Å². The molecule has 0 fully saturated rings. The van der Waals surface area contributed by atoms with Gasteiger partial charge >= 0.3 is 0 Å². The van der Waals surface area contributed by atoms with Gasteiger partial charge in [-0.1, -0.05) is 110 Å². The van der Waals surface area contributed by atoms with E-state index < -0.39 is 0 Å². The molecule has 0 saturated heterocycles. The third-order valence-corrected chi connectivity index (χ3v) is 7.27. The van der Waals surface area contributed by atoms with E-state index in [1.807, 2.05) is 6.07 Å². The number of ether oxygens (including phenoxy) is 1. The summed E-state index contributed by atoms with van der Waals surface area (Å²) in [5.41, 5.74) is 8.05. The van der Waals surface area contributed by atoms with Gasteiger partial charge in [0.1, 0.15) is 5.75 Å². The van der Waals surface area contributed by atoms with Crippen molar-refractivity contribution in [2.75, 3.05) is 6.61 Å². The monoisotopic (exact) mass is 512 g/mol. The van der Waals surface area contributed by atoms with E-state index >= 15 is 0 Å². The number of rotatable bonds is 16. The number of aryl methyl sites for hydroxylation is 2. The summed E-state index contributed by atoms with van der Waals surface area (Å²) in [6, 6.07) is 21.4. The summed E-state index contributed by atoms with van der Waals surface area (Å²) in [7, 11) is 0. The average molecular weight is 513 g/mol. The van der Waals surface area contributed by atoms with Gasteiger partial charge in [0.15, 0.2) is 0 Å². The van der Waals surface area contributed by atoms with E-state index in [9.17, 15) is 0 Å². The van der Waals surface area contributed by atoms with Crippen molar-refractivity contribution in [3.8, 4) is 16.9 Å². The van der Waals surface area contributed by atoms with Crippen molar-refractivity contribution in [2.24, 2.45) is 10.2 Å². The zero-order valence-corrected chi connectivity index (χ0v) is 24.4. The molecule has 0 spiro atoms. The number of benzene rings is 3. The highest BCUT2D eigenvalue weighted by atomic mass is 16.5. The minimum atomic E-state index is 0.362. The smallest absolute Gasteiger partial charge is 0.122 e. The number of hydrogen-bond acceptors (Lipinski definition) is 3. The van der Waals surface area contributed by atoms with E-state index in [-0.39, 0.29) is 0 Å². The van der Waals surface area contributed by atoms with E-state index in [1.54, 1.807) is 0 Å². The van der Waals surface area contributed by atoms with Gasteiger partial charge in [-0.15, -0.1) is 5.11 Å². The van der Waals surface area contributed by atoms with Gasteiger partial charge in [0, 0.05) is 0 Å². The highest BCUT2D eigenvalue weighted by Crippen LogP contribution is 2.35. The van der Waals surface area contributed by atoms with Crippen LogP contribution < -0.4 is 4.74 Å². The Kier molecular flexibility index (Phi) is 12.6. The average Bonchev–Trinajstić information content (AvgIpc) is 2.95. The predicted octanol–water partition coefficient (Wildman–Crippen LogP) is 11.5. The molecular weight excluding hydrogens is 464 g/mol. The molecule has 0 aliphatic heterocycles. The van der Waals surface area contributed by atoms with Crippen molar-refractivity contribution in [3.63, 3.8) is 0 Å². The second kappa shape index (κ2) is 16.1. The van der Waals surface area contributed by atoms with Gasteiger partial charge in [-0.2, -0.15) is 5.11 Å². The van der Waals surface area contributed by atoms with Crippen LogP contribution in [0.25, 0.3) is 11.1 Å². The molecule has 0 aliphatic rings. The summed E-state index contributed by atoms with van der Waals surface area (Å²) >= 11 is 0. The molecule has 0 saturated carbocycles. The van der Waals surface area contributed by atoms with E-state index in [0.717, 1.165) is 43.0 Å². The van der Waals surface area contributed by atoms with Crippen molar-refractivity contribution >= 4 is 11.4 Å². The standard InChI is InChI=1S/C35H48N2O/c1-6-9-10-11-12-13-14-18-23-38-34-22-21-32(26-33(34)27(4)5)36-37-35-28(7-2)24-31(25-29(35)8-3)30-19-16-15-17-20-30/h15-17,19-22,24-27H,6-14,18,23H2,1-5H3. The number of azo groups is 1. The van der Waals surface area contributed by atoms with Gasteiger partial charge in [-0.3, -0.25) is 0 Å². The molecule has 3 aromatic rings. The molecule has 0 heterocycles. The number of hydrogen-bond donors (Lipinski definition) is 0.